The molecule has 0 aromatic heterocycles. The summed E-state index contributed by atoms with van der Waals surface area (Å²) in [6, 6.07) is 1.96. The molecule has 0 amide bonds. The zero-order valence-corrected chi connectivity index (χ0v) is 10.3. The van der Waals surface area contributed by atoms with Crippen LogP contribution in [0.2, 0.25) is 0 Å². The summed E-state index contributed by atoms with van der Waals surface area (Å²) in [7, 11) is 0. The van der Waals surface area contributed by atoms with Crippen LogP contribution in [0.25, 0.3) is 0 Å². The van der Waals surface area contributed by atoms with Gasteiger partial charge >= 0.3 is 0 Å². The van der Waals surface area contributed by atoms with Crippen LogP contribution in [0.5, 0.6) is 11.5 Å². The monoisotopic (exact) mass is 271 g/mol. The molecule has 3 nitrogen and oxygen atoms in total. The van der Waals surface area contributed by atoms with Gasteiger partial charge in [0.25, 0.3) is 0 Å². The van der Waals surface area contributed by atoms with Crippen LogP contribution in [0, 0.1) is 6.92 Å². The third-order valence-electron chi connectivity index (χ3n) is 2.62. The van der Waals surface area contributed by atoms with E-state index in [0.717, 1.165) is 28.8 Å². The Morgan fingerprint density at radius 1 is 1.47 bits per heavy atom. The van der Waals surface area contributed by atoms with Gasteiger partial charge in [-0.1, -0.05) is 15.9 Å². The lowest BCUT2D eigenvalue weighted by Crippen LogP contribution is -2.02. The van der Waals surface area contributed by atoms with Crippen molar-refractivity contribution < 1.29 is 9.47 Å². The van der Waals surface area contributed by atoms with Gasteiger partial charge in [0.2, 0.25) is 6.79 Å². The highest BCUT2D eigenvalue weighted by atomic mass is 79.9. The van der Waals surface area contributed by atoms with E-state index in [1.165, 1.54) is 11.1 Å². The summed E-state index contributed by atoms with van der Waals surface area (Å²) in [6.45, 7) is 3.10. The fourth-order valence-corrected chi connectivity index (χ4v) is 2.20. The first-order valence-corrected chi connectivity index (χ1v) is 5.81. The van der Waals surface area contributed by atoms with Gasteiger partial charge < -0.3 is 15.2 Å². The van der Waals surface area contributed by atoms with Crippen LogP contribution in [0.3, 0.4) is 0 Å². The molecule has 82 valence electrons. The van der Waals surface area contributed by atoms with Gasteiger partial charge in [0.05, 0.1) is 0 Å². The smallest absolute Gasteiger partial charge is 0.231 e. The third kappa shape index (κ3) is 1.96. The second kappa shape index (κ2) is 4.41. The minimum Gasteiger partial charge on any atom is -0.454 e. The van der Waals surface area contributed by atoms with Gasteiger partial charge in [0, 0.05) is 10.0 Å². The van der Waals surface area contributed by atoms with Crippen molar-refractivity contribution in [1.29, 1.82) is 0 Å². The Hall–Kier alpha value is -0.740. The maximum Gasteiger partial charge on any atom is 0.231 e. The Bertz CT molecular complexity index is 379. The van der Waals surface area contributed by atoms with Gasteiger partial charge in [0.15, 0.2) is 11.5 Å². The van der Waals surface area contributed by atoms with Crippen molar-refractivity contribution in [3.63, 3.8) is 0 Å². The van der Waals surface area contributed by atoms with Crippen molar-refractivity contribution in [3.05, 3.63) is 21.7 Å². The molecular weight excluding hydrogens is 258 g/mol. The number of hydrogen-bond acceptors (Lipinski definition) is 3. The van der Waals surface area contributed by atoms with Crippen molar-refractivity contribution in [2.45, 2.75) is 19.8 Å². The molecule has 15 heavy (non-hydrogen) atoms. The summed E-state index contributed by atoms with van der Waals surface area (Å²) >= 11 is 3.52. The van der Waals surface area contributed by atoms with E-state index in [4.69, 9.17) is 15.2 Å². The second-order valence-corrected chi connectivity index (χ2v) is 4.44. The quantitative estimate of drug-likeness (QED) is 0.918. The molecule has 0 saturated carbocycles. The number of benzene rings is 1. The average molecular weight is 272 g/mol. The van der Waals surface area contributed by atoms with Gasteiger partial charge in [-0.25, -0.2) is 0 Å². The average Bonchev–Trinajstić information content (AvgIpc) is 2.66. The normalized spacial score (nSPS) is 13.3. The molecule has 1 aliphatic heterocycles. The lowest BCUT2D eigenvalue weighted by atomic mass is 10.0. The maximum atomic E-state index is 5.53. The standard InChI is InChI=1S/C11H14BrNO2/c1-7-8(3-2-4-13)11-10(5-9(7)12)14-6-15-11/h5H,2-4,6,13H2,1H3. The molecule has 4 heteroatoms. The van der Waals surface area contributed by atoms with Crippen molar-refractivity contribution >= 4 is 15.9 Å². The largest absolute Gasteiger partial charge is 0.454 e. The van der Waals surface area contributed by atoms with Crippen molar-refractivity contribution in [3.8, 4) is 11.5 Å². The summed E-state index contributed by atoms with van der Waals surface area (Å²) in [6.07, 6.45) is 1.90. The SMILES string of the molecule is Cc1c(Br)cc2c(c1CCCN)OCO2. The lowest BCUT2D eigenvalue weighted by Gasteiger charge is -2.10. The molecule has 0 aliphatic carbocycles. The highest BCUT2D eigenvalue weighted by molar-refractivity contribution is 9.10. The fourth-order valence-electron chi connectivity index (χ4n) is 1.75. The van der Waals surface area contributed by atoms with E-state index in [1.807, 2.05) is 6.07 Å². The highest BCUT2D eigenvalue weighted by Gasteiger charge is 2.21. The molecule has 0 spiro atoms. The number of ether oxygens (including phenoxy) is 2. The molecule has 1 aromatic rings. The molecule has 1 aliphatic rings. The van der Waals surface area contributed by atoms with E-state index < -0.39 is 0 Å². The minimum atomic E-state index is 0.320. The topological polar surface area (TPSA) is 44.5 Å². The van der Waals surface area contributed by atoms with E-state index >= 15 is 0 Å². The predicted molar refractivity (Wildman–Crippen MR) is 62.4 cm³/mol. The zero-order chi connectivity index (χ0) is 10.8. The second-order valence-electron chi connectivity index (χ2n) is 3.59. The van der Waals surface area contributed by atoms with Gasteiger partial charge in [-0.3, -0.25) is 0 Å². The number of rotatable bonds is 3. The highest BCUT2D eigenvalue weighted by Crippen LogP contribution is 2.41. The molecule has 1 heterocycles. The molecule has 2 rings (SSSR count). The molecule has 1 aromatic carbocycles. The molecule has 0 fully saturated rings. The van der Waals surface area contributed by atoms with E-state index in [9.17, 15) is 0 Å². The van der Waals surface area contributed by atoms with Crippen LogP contribution in [0.1, 0.15) is 17.5 Å². The summed E-state index contributed by atoms with van der Waals surface area (Å²) < 4.78 is 11.9. The van der Waals surface area contributed by atoms with Crippen molar-refractivity contribution in [2.24, 2.45) is 5.73 Å². The van der Waals surface area contributed by atoms with Crippen molar-refractivity contribution in [2.75, 3.05) is 13.3 Å². The first-order chi connectivity index (χ1) is 7.24. The van der Waals surface area contributed by atoms with Gasteiger partial charge in [-0.05, 0) is 37.9 Å². The number of hydrogen-bond donors (Lipinski definition) is 1. The fraction of sp³-hybridized carbons (Fsp3) is 0.455. The molecule has 0 atom stereocenters. The van der Waals surface area contributed by atoms with Crippen LogP contribution in [0.4, 0.5) is 0 Å². The van der Waals surface area contributed by atoms with Crippen LogP contribution in [-0.2, 0) is 6.42 Å². The van der Waals surface area contributed by atoms with Gasteiger partial charge in [0.1, 0.15) is 0 Å². The Labute approximate surface area is 97.7 Å². The van der Waals surface area contributed by atoms with Crippen molar-refractivity contribution in [1.82, 2.24) is 0 Å². The Balaban J connectivity index is 2.41. The van der Waals surface area contributed by atoms with Crippen LogP contribution in [0.15, 0.2) is 10.5 Å². The summed E-state index contributed by atoms with van der Waals surface area (Å²) in [4.78, 5) is 0. The Morgan fingerprint density at radius 3 is 3.00 bits per heavy atom. The summed E-state index contributed by atoms with van der Waals surface area (Å²) in [5, 5.41) is 0. The molecular formula is C11H14BrNO2. The van der Waals surface area contributed by atoms with Gasteiger partial charge in [-0.15, -0.1) is 0 Å². The van der Waals surface area contributed by atoms with E-state index in [-0.39, 0.29) is 0 Å². The van der Waals surface area contributed by atoms with Gasteiger partial charge in [-0.2, -0.15) is 0 Å². The van der Waals surface area contributed by atoms with E-state index in [0.29, 0.717) is 13.3 Å². The van der Waals surface area contributed by atoms with Crippen LogP contribution in [-0.4, -0.2) is 13.3 Å². The van der Waals surface area contributed by atoms with Crippen LogP contribution < -0.4 is 15.2 Å². The Kier molecular flexibility index (Phi) is 3.17. The zero-order valence-electron chi connectivity index (χ0n) is 8.68. The molecule has 0 saturated heterocycles. The summed E-state index contributed by atoms with van der Waals surface area (Å²) in [5.41, 5.74) is 7.95. The third-order valence-corrected chi connectivity index (χ3v) is 3.44. The Morgan fingerprint density at radius 2 is 2.27 bits per heavy atom. The number of halogens is 1. The lowest BCUT2D eigenvalue weighted by molar-refractivity contribution is 0.173. The first kappa shape index (κ1) is 10.8. The maximum absolute atomic E-state index is 5.53. The van der Waals surface area contributed by atoms with E-state index in [2.05, 4.69) is 22.9 Å². The molecule has 0 unspecified atom stereocenters. The first-order valence-electron chi connectivity index (χ1n) is 5.01. The van der Waals surface area contributed by atoms with Crippen LogP contribution >= 0.6 is 15.9 Å². The summed E-state index contributed by atoms with van der Waals surface area (Å²) in [5.74, 6) is 1.73. The number of fused-ring (bicyclic) bond motifs is 1. The van der Waals surface area contributed by atoms with E-state index in [1.54, 1.807) is 0 Å². The molecule has 0 radical (unpaired) electrons. The minimum absolute atomic E-state index is 0.320. The molecule has 0 bridgehead atoms. The number of nitrogens with two attached hydrogens (primary N) is 1. The molecule has 2 N–H and O–H groups in total. The predicted octanol–water partition coefficient (Wildman–Crippen LogP) is 2.38.